The molecule has 0 aromatic carbocycles. The molecule has 18 heavy (non-hydrogen) atoms. The van der Waals surface area contributed by atoms with Crippen molar-refractivity contribution in [3.63, 3.8) is 0 Å². The summed E-state index contributed by atoms with van der Waals surface area (Å²) in [4.78, 5) is 6.29. The molecule has 1 aliphatic rings. The molecule has 0 aliphatic carbocycles. The summed E-state index contributed by atoms with van der Waals surface area (Å²) in [5, 5.41) is 18.8. The Labute approximate surface area is 111 Å². The summed E-state index contributed by atoms with van der Waals surface area (Å²) >= 11 is 5.91. The maximum Gasteiger partial charge on any atom is 0.129 e. The van der Waals surface area contributed by atoms with Crippen molar-refractivity contribution in [2.45, 2.75) is 25.7 Å². The first-order valence-corrected chi connectivity index (χ1v) is 6.28. The molecule has 1 fully saturated rings. The largest absolute Gasteiger partial charge is 0.394 e. The quantitative estimate of drug-likeness (QED) is 0.853. The number of aromatic nitrogens is 1. The van der Waals surface area contributed by atoms with Gasteiger partial charge in [0.2, 0.25) is 0 Å². The second kappa shape index (κ2) is 5.84. The molecule has 0 spiro atoms. The summed E-state index contributed by atoms with van der Waals surface area (Å²) in [6.07, 6.45) is 1.37. The highest BCUT2D eigenvalue weighted by Crippen LogP contribution is 2.23. The van der Waals surface area contributed by atoms with Gasteiger partial charge in [0.1, 0.15) is 5.82 Å². The van der Waals surface area contributed by atoms with E-state index in [-0.39, 0.29) is 25.4 Å². The normalized spacial score (nSPS) is 24.3. The minimum absolute atomic E-state index is 0.0126. The van der Waals surface area contributed by atoms with Crippen molar-refractivity contribution in [3.05, 3.63) is 22.8 Å². The summed E-state index contributed by atoms with van der Waals surface area (Å²) < 4.78 is 5.57. The number of halogens is 1. The first kappa shape index (κ1) is 13.5. The highest BCUT2D eigenvalue weighted by atomic mass is 35.5. The van der Waals surface area contributed by atoms with Gasteiger partial charge in [-0.3, -0.25) is 0 Å². The number of hydrogen-bond acceptors (Lipinski definition) is 5. The summed E-state index contributed by atoms with van der Waals surface area (Å²) in [6.45, 7) is 3.12. The van der Waals surface area contributed by atoms with Gasteiger partial charge in [0.25, 0.3) is 0 Å². The van der Waals surface area contributed by atoms with E-state index in [2.05, 4.69) is 4.98 Å². The Balaban J connectivity index is 2.19. The van der Waals surface area contributed by atoms with E-state index in [1.165, 1.54) is 6.20 Å². The van der Waals surface area contributed by atoms with Crippen molar-refractivity contribution in [2.75, 3.05) is 24.6 Å². The van der Waals surface area contributed by atoms with Crippen LogP contribution in [0.5, 0.6) is 0 Å². The Hall–Kier alpha value is -0.880. The van der Waals surface area contributed by atoms with Gasteiger partial charge in [0.15, 0.2) is 0 Å². The van der Waals surface area contributed by atoms with Crippen LogP contribution in [-0.4, -0.2) is 47.1 Å². The van der Waals surface area contributed by atoms with Crippen LogP contribution in [0, 0.1) is 0 Å². The van der Waals surface area contributed by atoms with Gasteiger partial charge in [-0.1, -0.05) is 11.6 Å². The lowest BCUT2D eigenvalue weighted by molar-refractivity contribution is -0.0423. The number of morpholine rings is 1. The zero-order valence-corrected chi connectivity index (χ0v) is 11.0. The van der Waals surface area contributed by atoms with E-state index in [1.54, 1.807) is 6.07 Å². The Bertz CT molecular complexity index is 416. The molecular weight excluding hydrogens is 256 g/mol. The van der Waals surface area contributed by atoms with Gasteiger partial charge in [-0.25, -0.2) is 4.98 Å². The van der Waals surface area contributed by atoms with Gasteiger partial charge in [-0.2, -0.15) is 0 Å². The molecule has 2 N–H and O–H groups in total. The molecule has 0 bridgehead atoms. The molecule has 1 aliphatic heterocycles. The fourth-order valence-corrected chi connectivity index (χ4v) is 2.26. The lowest BCUT2D eigenvalue weighted by Gasteiger charge is -2.36. The third kappa shape index (κ3) is 2.92. The van der Waals surface area contributed by atoms with Crippen LogP contribution in [0.25, 0.3) is 0 Å². The van der Waals surface area contributed by atoms with E-state index in [0.717, 1.165) is 5.82 Å². The topological polar surface area (TPSA) is 65.8 Å². The molecule has 1 aromatic rings. The number of pyridine rings is 1. The lowest BCUT2D eigenvalue weighted by atomic mass is 10.2. The van der Waals surface area contributed by atoms with Gasteiger partial charge in [0.05, 0.1) is 30.4 Å². The monoisotopic (exact) mass is 272 g/mol. The minimum atomic E-state index is -0.205. The van der Waals surface area contributed by atoms with Crippen molar-refractivity contribution < 1.29 is 14.9 Å². The van der Waals surface area contributed by atoms with Crippen molar-refractivity contribution in [2.24, 2.45) is 0 Å². The number of aliphatic hydroxyl groups excluding tert-OH is 2. The van der Waals surface area contributed by atoms with Crippen LogP contribution in [0.4, 0.5) is 5.82 Å². The smallest absolute Gasteiger partial charge is 0.129 e. The van der Waals surface area contributed by atoms with E-state index >= 15 is 0 Å². The van der Waals surface area contributed by atoms with Crippen LogP contribution in [-0.2, 0) is 11.3 Å². The second-order valence-electron chi connectivity index (χ2n) is 4.45. The maximum atomic E-state index is 9.20. The predicted molar refractivity (Wildman–Crippen MR) is 68.8 cm³/mol. The maximum absolute atomic E-state index is 9.20. The lowest BCUT2D eigenvalue weighted by Crippen LogP contribution is -2.48. The van der Waals surface area contributed by atoms with Crippen molar-refractivity contribution in [3.8, 4) is 0 Å². The van der Waals surface area contributed by atoms with Gasteiger partial charge in [0, 0.05) is 24.8 Å². The van der Waals surface area contributed by atoms with Crippen LogP contribution in [0.1, 0.15) is 12.5 Å². The molecule has 0 radical (unpaired) electrons. The van der Waals surface area contributed by atoms with Crippen LogP contribution >= 0.6 is 11.6 Å². The van der Waals surface area contributed by atoms with Gasteiger partial charge in [-0.05, 0) is 13.0 Å². The number of rotatable bonds is 3. The van der Waals surface area contributed by atoms with Crippen molar-refractivity contribution in [1.82, 2.24) is 4.98 Å². The van der Waals surface area contributed by atoms with Crippen LogP contribution in [0.15, 0.2) is 12.3 Å². The average Bonchev–Trinajstić information content (AvgIpc) is 2.38. The fourth-order valence-electron chi connectivity index (χ4n) is 2.10. The van der Waals surface area contributed by atoms with Gasteiger partial charge in [-0.15, -0.1) is 0 Å². The third-order valence-corrected chi connectivity index (χ3v) is 3.28. The summed E-state index contributed by atoms with van der Waals surface area (Å²) in [7, 11) is 0. The summed E-state index contributed by atoms with van der Waals surface area (Å²) in [5.41, 5.74) is 0.654. The molecule has 6 heteroatoms. The SMILES string of the molecule is CC1CN(c2cc(CO)c(Cl)cn2)CC(CO)O1. The molecule has 1 aromatic heterocycles. The predicted octanol–water partition coefficient (Wildman–Crippen LogP) is 0.813. The number of anilines is 1. The molecule has 100 valence electrons. The van der Waals surface area contributed by atoms with E-state index in [0.29, 0.717) is 23.7 Å². The highest BCUT2D eigenvalue weighted by Gasteiger charge is 2.25. The zero-order valence-electron chi connectivity index (χ0n) is 10.2. The van der Waals surface area contributed by atoms with Crippen molar-refractivity contribution >= 4 is 17.4 Å². The van der Waals surface area contributed by atoms with E-state index < -0.39 is 0 Å². The molecule has 1 saturated heterocycles. The second-order valence-corrected chi connectivity index (χ2v) is 4.86. The highest BCUT2D eigenvalue weighted by molar-refractivity contribution is 6.31. The van der Waals surface area contributed by atoms with E-state index in [9.17, 15) is 10.2 Å². The summed E-state index contributed by atoms with van der Waals surface area (Å²) in [6, 6.07) is 1.77. The Kier molecular flexibility index (Phi) is 4.40. The Morgan fingerprint density at radius 2 is 2.28 bits per heavy atom. The standard InChI is InChI=1S/C12H17ClN2O3/c1-8-4-15(5-10(7-17)18-8)12-2-9(6-16)11(13)3-14-12/h2-3,8,10,16-17H,4-7H2,1H3. The average molecular weight is 273 g/mol. The molecule has 0 saturated carbocycles. The number of hydrogen-bond donors (Lipinski definition) is 2. The summed E-state index contributed by atoms with van der Waals surface area (Å²) in [5.74, 6) is 0.747. The molecule has 2 rings (SSSR count). The van der Waals surface area contributed by atoms with Crippen molar-refractivity contribution in [1.29, 1.82) is 0 Å². The van der Waals surface area contributed by atoms with Gasteiger partial charge >= 0.3 is 0 Å². The Morgan fingerprint density at radius 3 is 2.94 bits per heavy atom. The molecule has 5 nitrogen and oxygen atoms in total. The number of ether oxygens (including phenoxy) is 1. The Morgan fingerprint density at radius 1 is 1.50 bits per heavy atom. The molecular formula is C12H17ClN2O3. The van der Waals surface area contributed by atoms with Crippen LogP contribution in [0.2, 0.25) is 5.02 Å². The van der Waals surface area contributed by atoms with Gasteiger partial charge < -0.3 is 19.8 Å². The molecule has 2 atom stereocenters. The molecule has 2 heterocycles. The first-order chi connectivity index (χ1) is 8.63. The number of nitrogens with zero attached hydrogens (tertiary/aromatic N) is 2. The fraction of sp³-hybridized carbons (Fsp3) is 0.583. The van der Waals surface area contributed by atoms with E-state index in [1.807, 2.05) is 11.8 Å². The molecule has 0 amide bonds. The third-order valence-electron chi connectivity index (χ3n) is 2.94. The van der Waals surface area contributed by atoms with E-state index in [4.69, 9.17) is 16.3 Å². The molecule has 2 unspecified atom stereocenters. The first-order valence-electron chi connectivity index (χ1n) is 5.90. The zero-order chi connectivity index (χ0) is 13.1. The van der Waals surface area contributed by atoms with Crippen LogP contribution < -0.4 is 4.90 Å². The number of aliphatic hydroxyl groups is 2. The van der Waals surface area contributed by atoms with Crippen LogP contribution in [0.3, 0.4) is 0 Å². The minimum Gasteiger partial charge on any atom is -0.394 e.